The van der Waals surface area contributed by atoms with E-state index in [1.165, 1.54) is 0 Å². The molecule has 1 rings (SSSR count). The van der Waals surface area contributed by atoms with Crippen molar-refractivity contribution in [2.45, 2.75) is 107 Å². The zero-order valence-electron chi connectivity index (χ0n) is 24.8. The number of hydrogen-bond donors (Lipinski definition) is 1. The van der Waals surface area contributed by atoms with E-state index < -0.39 is 23.6 Å². The van der Waals surface area contributed by atoms with Gasteiger partial charge in [0.2, 0.25) is 11.7 Å². The second kappa shape index (κ2) is 15.4. The van der Waals surface area contributed by atoms with Gasteiger partial charge < -0.3 is 26.0 Å². The second-order valence-electron chi connectivity index (χ2n) is 12.7. The molecule has 36 heavy (non-hydrogen) atoms. The van der Waals surface area contributed by atoms with E-state index in [0.29, 0.717) is 12.3 Å². The Bertz CT molecular complexity index is 714. The van der Waals surface area contributed by atoms with Crippen LogP contribution in [0.1, 0.15) is 95.4 Å². The van der Waals surface area contributed by atoms with Crippen molar-refractivity contribution in [3.63, 3.8) is 0 Å². The molecule has 0 aromatic rings. The number of esters is 1. The summed E-state index contributed by atoms with van der Waals surface area (Å²) in [5, 5.41) is 9.68. The van der Waals surface area contributed by atoms with Crippen molar-refractivity contribution in [2.24, 2.45) is 40.4 Å². The van der Waals surface area contributed by atoms with Crippen LogP contribution in [0.3, 0.4) is 0 Å². The van der Waals surface area contributed by atoms with Gasteiger partial charge in [-0.05, 0) is 47.3 Å². The van der Waals surface area contributed by atoms with E-state index in [1.807, 2.05) is 34.6 Å². The molecule has 8 nitrogen and oxygen atoms in total. The maximum Gasteiger partial charge on any atom is 1.00 e. The fraction of sp³-hybridized carbons (Fsp3) is 0.889. The monoisotopic (exact) mass is 537 g/mol. The first kappa shape index (κ1) is 38.0. The summed E-state index contributed by atoms with van der Waals surface area (Å²) >= 11 is 0. The Balaban J connectivity index is 0. The van der Waals surface area contributed by atoms with Gasteiger partial charge in [-0.25, -0.2) is 4.79 Å². The number of rotatable bonds is 8. The van der Waals surface area contributed by atoms with E-state index >= 15 is 0 Å². The van der Waals surface area contributed by atoms with E-state index in [2.05, 4.69) is 41.5 Å². The summed E-state index contributed by atoms with van der Waals surface area (Å²) in [7, 11) is 0. The molecule has 0 aromatic carbocycles. The summed E-state index contributed by atoms with van der Waals surface area (Å²) in [6, 6.07) is 0. The molecule has 206 valence electrons. The topological polar surface area (TPSA) is 138 Å². The minimum absolute atomic E-state index is 0. The van der Waals surface area contributed by atoms with Gasteiger partial charge in [-0.2, -0.15) is 0 Å². The van der Waals surface area contributed by atoms with Crippen LogP contribution in [0.2, 0.25) is 0 Å². The van der Waals surface area contributed by atoms with Crippen molar-refractivity contribution in [3.05, 3.63) is 11.5 Å². The van der Waals surface area contributed by atoms with Crippen molar-refractivity contribution in [3.8, 4) is 0 Å². The molecule has 0 aliphatic heterocycles. The number of hydrogen-bond acceptors (Lipinski definition) is 5. The van der Waals surface area contributed by atoms with Crippen molar-refractivity contribution in [1.29, 1.82) is 0 Å². The average molecular weight is 538 g/mol. The van der Waals surface area contributed by atoms with Crippen molar-refractivity contribution >= 4 is 18.0 Å². The third kappa shape index (κ3) is 10.9. The Kier molecular flexibility index (Phi) is 16.2. The summed E-state index contributed by atoms with van der Waals surface area (Å²) in [6.45, 7) is 22.6. The SMILES string of the molecule is CC(C)C1CC[C@](OC(=O)CC[NH-])(C(=O)O)C1C(C)C.C[C@H](C(OC([NH-])=O)C(C)(C)C)C(C)(C)C.[K+]. The number of ether oxygens (including phenoxy) is 2. The van der Waals surface area contributed by atoms with Crippen LogP contribution >= 0.6 is 0 Å². The number of carbonyl (C=O) groups excluding carboxylic acids is 2. The zero-order valence-corrected chi connectivity index (χ0v) is 27.9. The Morgan fingerprint density at radius 1 is 0.972 bits per heavy atom. The molecule has 0 radical (unpaired) electrons. The molecule has 9 heteroatoms. The molecule has 0 aromatic heterocycles. The molecule has 1 aliphatic rings. The molecule has 3 N–H and O–H groups in total. The molecule has 0 heterocycles. The van der Waals surface area contributed by atoms with Crippen LogP contribution in [-0.4, -0.2) is 41.4 Å². The van der Waals surface area contributed by atoms with Crippen LogP contribution in [0.4, 0.5) is 4.79 Å². The van der Waals surface area contributed by atoms with Gasteiger partial charge in [0.15, 0.2) is 0 Å². The third-order valence-electron chi connectivity index (χ3n) is 7.32. The van der Waals surface area contributed by atoms with Crippen LogP contribution in [0, 0.1) is 40.4 Å². The predicted octanol–water partition coefficient (Wildman–Crippen LogP) is 4.41. The molecule has 1 fully saturated rings. The molecular weight excluding hydrogens is 487 g/mol. The molecule has 3 unspecified atom stereocenters. The quantitative estimate of drug-likeness (QED) is 0.359. The first-order valence-electron chi connectivity index (χ1n) is 12.7. The van der Waals surface area contributed by atoms with Gasteiger partial charge in [0.1, 0.15) is 6.10 Å². The molecule has 0 bridgehead atoms. The fourth-order valence-corrected chi connectivity index (χ4v) is 5.22. The van der Waals surface area contributed by atoms with E-state index in [9.17, 15) is 19.5 Å². The van der Waals surface area contributed by atoms with E-state index in [-0.39, 0.29) is 105 Å². The summed E-state index contributed by atoms with van der Waals surface area (Å²) in [4.78, 5) is 34.3. The van der Waals surface area contributed by atoms with Crippen LogP contribution in [0.25, 0.3) is 11.5 Å². The molecule has 0 saturated heterocycles. The summed E-state index contributed by atoms with van der Waals surface area (Å²) in [5.41, 5.74) is 12.5. The van der Waals surface area contributed by atoms with Crippen molar-refractivity contribution < 1.29 is 80.3 Å². The Labute approximate surface area is 261 Å². The third-order valence-corrected chi connectivity index (χ3v) is 7.32. The van der Waals surface area contributed by atoms with Gasteiger partial charge in [0.25, 0.3) is 0 Å². The van der Waals surface area contributed by atoms with Crippen LogP contribution in [-0.2, 0) is 19.1 Å². The molecule has 1 saturated carbocycles. The second-order valence-corrected chi connectivity index (χ2v) is 12.7. The summed E-state index contributed by atoms with van der Waals surface area (Å²) in [6.07, 6.45) is -0.0706. The van der Waals surface area contributed by atoms with Crippen LogP contribution in [0.5, 0.6) is 0 Å². The van der Waals surface area contributed by atoms with Crippen LogP contribution in [0.15, 0.2) is 0 Å². The number of carbonyl (C=O) groups is 3. The van der Waals surface area contributed by atoms with Gasteiger partial charge in [-0.1, -0.05) is 76.2 Å². The largest absolute Gasteiger partial charge is 1.00 e. The van der Waals surface area contributed by atoms with Gasteiger partial charge in [-0.3, -0.25) is 9.59 Å². The van der Waals surface area contributed by atoms with Gasteiger partial charge in [0, 0.05) is 12.3 Å². The maximum atomic E-state index is 11.8. The van der Waals surface area contributed by atoms with E-state index in [1.54, 1.807) is 0 Å². The number of aliphatic carboxylic acids is 1. The molecule has 0 spiro atoms. The maximum absolute atomic E-state index is 11.8. The summed E-state index contributed by atoms with van der Waals surface area (Å²) in [5.74, 6) is -0.838. The molecule has 1 amide bonds. The minimum atomic E-state index is -1.41. The van der Waals surface area contributed by atoms with Gasteiger partial charge >= 0.3 is 63.3 Å². The van der Waals surface area contributed by atoms with Crippen molar-refractivity contribution in [1.82, 2.24) is 0 Å². The minimum Gasteiger partial charge on any atom is -0.677 e. The first-order valence-corrected chi connectivity index (χ1v) is 12.7. The normalized spacial score (nSPS) is 23.7. The number of amides is 1. The average Bonchev–Trinajstić information content (AvgIpc) is 3.05. The summed E-state index contributed by atoms with van der Waals surface area (Å²) < 4.78 is 10.5. The predicted molar refractivity (Wildman–Crippen MR) is 139 cm³/mol. The smallest absolute Gasteiger partial charge is 0.677 e. The number of carboxylic acid groups (broad SMARTS) is 1. The first-order chi connectivity index (χ1) is 15.7. The Hall–Kier alpha value is -0.194. The Morgan fingerprint density at radius 3 is 1.78 bits per heavy atom. The van der Waals surface area contributed by atoms with Gasteiger partial charge in [0.05, 0.1) is 0 Å². The molecule has 1 aliphatic carbocycles. The van der Waals surface area contributed by atoms with Crippen LogP contribution < -0.4 is 51.4 Å². The van der Waals surface area contributed by atoms with E-state index in [4.69, 9.17) is 20.9 Å². The number of nitrogens with one attached hydrogen (secondary N) is 2. The van der Waals surface area contributed by atoms with Gasteiger partial charge in [-0.15, -0.1) is 6.54 Å². The standard InChI is InChI=1S/C15H26NO4.C12H25NO2.K/c1-9(2)11-5-7-15(14(18)19,13(11)10(3)4)20-12(17)6-8-16;1-8(11(2,3)4)9(12(5,6)7)15-10(13)14;/h9-11,13,16H,5-8H2,1-4H3,(H,18,19);8-9H,1-7H3,(H2,13,14);/q-1;;+1/p-1/t11?,13?,15-;8-,9?;/m11./s1. The van der Waals surface area contributed by atoms with Crippen molar-refractivity contribution in [2.75, 3.05) is 6.54 Å². The van der Waals surface area contributed by atoms with E-state index in [0.717, 1.165) is 6.42 Å². The molecular formula is C27H50KN2O6-. The fourth-order valence-electron chi connectivity index (χ4n) is 5.22. The Morgan fingerprint density at radius 2 is 1.47 bits per heavy atom. The zero-order chi connectivity index (χ0) is 27.9. The molecule has 5 atom stereocenters. The number of carboxylic acids is 1.